The van der Waals surface area contributed by atoms with E-state index in [2.05, 4.69) is 15.9 Å². The molecule has 0 fully saturated rings. The van der Waals surface area contributed by atoms with E-state index in [1.54, 1.807) is 6.07 Å². The van der Waals surface area contributed by atoms with Crippen molar-refractivity contribution in [1.29, 1.82) is 5.26 Å². The van der Waals surface area contributed by atoms with Gasteiger partial charge in [-0.25, -0.2) is 0 Å². The Morgan fingerprint density at radius 3 is 2.50 bits per heavy atom. The Kier molecular flexibility index (Phi) is 3.68. The highest BCUT2D eigenvalue weighted by molar-refractivity contribution is 9.10. The molecule has 0 unspecified atom stereocenters. The van der Waals surface area contributed by atoms with Gasteiger partial charge in [0.1, 0.15) is 11.6 Å². The molecule has 1 rings (SSSR count). The molecule has 1 aromatic rings. The molecule has 0 spiro atoms. The highest BCUT2D eigenvalue weighted by Gasteiger charge is 2.27. The van der Waals surface area contributed by atoms with E-state index in [1.807, 2.05) is 0 Å². The minimum Gasteiger partial charge on any atom is -0.493 e. The van der Waals surface area contributed by atoms with Gasteiger partial charge in [0.05, 0.1) is 19.1 Å². The molecule has 1 aromatic carbocycles. The number of nitrogens with zero attached hydrogens (tertiary/aromatic N) is 2. The van der Waals surface area contributed by atoms with Crippen LogP contribution in [0.25, 0.3) is 0 Å². The van der Waals surface area contributed by atoms with Gasteiger partial charge in [0.2, 0.25) is 5.75 Å². The lowest BCUT2D eigenvalue weighted by Crippen LogP contribution is -2.00. The fourth-order valence-electron chi connectivity index (χ4n) is 1.23. The molecule has 84 valence electrons. The molecule has 0 amide bonds. The van der Waals surface area contributed by atoms with Crippen LogP contribution in [0.5, 0.6) is 11.5 Å². The van der Waals surface area contributed by atoms with E-state index in [1.165, 1.54) is 20.3 Å². The summed E-state index contributed by atoms with van der Waals surface area (Å²) in [6.45, 7) is 0. The maximum atomic E-state index is 10.9. The summed E-state index contributed by atoms with van der Waals surface area (Å²) in [5.74, 6) is 0.132. The lowest BCUT2D eigenvalue weighted by molar-refractivity contribution is -0.386. The van der Waals surface area contributed by atoms with Crippen molar-refractivity contribution < 1.29 is 14.4 Å². The van der Waals surface area contributed by atoms with Crippen molar-refractivity contribution in [3.05, 3.63) is 26.2 Å². The number of ether oxygens (including phenoxy) is 2. The summed E-state index contributed by atoms with van der Waals surface area (Å²) in [4.78, 5) is 10.2. The molecule has 0 bridgehead atoms. The Morgan fingerprint density at radius 1 is 1.50 bits per heavy atom. The van der Waals surface area contributed by atoms with Crippen LogP contribution in [0, 0.1) is 21.4 Å². The number of halogens is 1. The second kappa shape index (κ2) is 4.81. The molecule has 0 saturated carbocycles. The lowest BCUT2D eigenvalue weighted by atomic mass is 10.1. The number of hydrogen-bond acceptors (Lipinski definition) is 5. The van der Waals surface area contributed by atoms with Crippen LogP contribution < -0.4 is 9.47 Å². The quantitative estimate of drug-likeness (QED) is 0.628. The minimum absolute atomic E-state index is 0.0627. The summed E-state index contributed by atoms with van der Waals surface area (Å²) in [6.07, 6.45) is 0. The SMILES string of the molecule is COc1cc(Br)c(C#N)c([N+](=O)[O-])c1OC. The summed E-state index contributed by atoms with van der Waals surface area (Å²) in [7, 11) is 2.64. The van der Waals surface area contributed by atoms with E-state index in [0.717, 1.165) is 0 Å². The van der Waals surface area contributed by atoms with Crippen LogP contribution in [0.1, 0.15) is 5.56 Å². The second-order valence-corrected chi connectivity index (χ2v) is 3.54. The van der Waals surface area contributed by atoms with Crippen molar-refractivity contribution in [2.24, 2.45) is 0 Å². The highest BCUT2D eigenvalue weighted by Crippen LogP contribution is 2.42. The summed E-state index contributed by atoms with van der Waals surface area (Å²) >= 11 is 3.07. The third kappa shape index (κ3) is 1.92. The molecule has 0 N–H and O–H groups in total. The highest BCUT2D eigenvalue weighted by atomic mass is 79.9. The van der Waals surface area contributed by atoms with Gasteiger partial charge in [-0.3, -0.25) is 10.1 Å². The number of nitro groups is 1. The third-order valence-electron chi connectivity index (χ3n) is 1.89. The van der Waals surface area contributed by atoms with Crippen molar-refractivity contribution in [3.63, 3.8) is 0 Å². The Labute approximate surface area is 99.7 Å². The molecule has 0 heterocycles. The van der Waals surface area contributed by atoms with Gasteiger partial charge in [0.25, 0.3) is 0 Å². The summed E-state index contributed by atoms with van der Waals surface area (Å²) in [5, 5.41) is 19.7. The van der Waals surface area contributed by atoms with Gasteiger partial charge in [0.15, 0.2) is 5.75 Å². The molecule has 0 aliphatic carbocycles. The molecule has 0 saturated heterocycles. The van der Waals surface area contributed by atoms with Crippen LogP contribution in [0.2, 0.25) is 0 Å². The summed E-state index contributed by atoms with van der Waals surface area (Å²) in [5.41, 5.74) is -0.501. The fraction of sp³-hybridized carbons (Fsp3) is 0.222. The maximum Gasteiger partial charge on any atom is 0.333 e. The number of nitro benzene ring substituents is 1. The van der Waals surface area contributed by atoms with Crippen LogP contribution >= 0.6 is 15.9 Å². The van der Waals surface area contributed by atoms with E-state index in [4.69, 9.17) is 14.7 Å². The van der Waals surface area contributed by atoms with E-state index in [-0.39, 0.29) is 17.1 Å². The first-order valence-corrected chi connectivity index (χ1v) is 4.85. The Bertz CT molecular complexity index is 481. The monoisotopic (exact) mass is 286 g/mol. The van der Waals surface area contributed by atoms with E-state index in [9.17, 15) is 10.1 Å². The smallest absolute Gasteiger partial charge is 0.333 e. The van der Waals surface area contributed by atoms with Crippen LogP contribution in [0.3, 0.4) is 0 Å². The van der Waals surface area contributed by atoms with Crippen molar-refractivity contribution >= 4 is 21.6 Å². The largest absolute Gasteiger partial charge is 0.493 e. The molecule has 0 radical (unpaired) electrons. The molecule has 0 atom stereocenters. The van der Waals surface area contributed by atoms with Crippen LogP contribution in [0.4, 0.5) is 5.69 Å². The van der Waals surface area contributed by atoms with Crippen molar-refractivity contribution in [3.8, 4) is 17.6 Å². The number of rotatable bonds is 3. The predicted molar refractivity (Wildman–Crippen MR) is 58.6 cm³/mol. The number of methoxy groups -OCH3 is 2. The summed E-state index contributed by atoms with van der Waals surface area (Å²) < 4.78 is 10.1. The first-order chi connectivity index (χ1) is 7.56. The maximum absolute atomic E-state index is 10.9. The Balaban J connectivity index is 3.68. The fourth-order valence-corrected chi connectivity index (χ4v) is 1.71. The number of benzene rings is 1. The average molecular weight is 287 g/mol. The first kappa shape index (κ1) is 12.3. The molecule has 0 aromatic heterocycles. The standard InChI is InChI=1S/C9H7BrN2O4/c1-15-7-3-6(10)5(4-11)8(12(13)14)9(7)16-2/h3H,1-2H3. The minimum atomic E-state index is -0.676. The summed E-state index contributed by atoms with van der Waals surface area (Å²) in [6, 6.07) is 3.20. The van der Waals surface area contributed by atoms with Gasteiger partial charge < -0.3 is 9.47 Å². The predicted octanol–water partition coefficient (Wildman–Crippen LogP) is 2.25. The van der Waals surface area contributed by atoms with E-state index >= 15 is 0 Å². The molecular weight excluding hydrogens is 280 g/mol. The van der Waals surface area contributed by atoms with Crippen molar-refractivity contribution in [1.82, 2.24) is 0 Å². The van der Waals surface area contributed by atoms with Gasteiger partial charge in [0, 0.05) is 10.5 Å². The Morgan fingerprint density at radius 2 is 2.12 bits per heavy atom. The van der Waals surface area contributed by atoms with Gasteiger partial charge in [-0.1, -0.05) is 0 Å². The molecule has 6 nitrogen and oxygen atoms in total. The third-order valence-corrected chi connectivity index (χ3v) is 2.52. The normalized spacial score (nSPS) is 9.38. The Hall–Kier alpha value is -1.81. The van der Waals surface area contributed by atoms with Gasteiger partial charge in [-0.2, -0.15) is 5.26 Å². The lowest BCUT2D eigenvalue weighted by Gasteiger charge is -2.09. The molecule has 16 heavy (non-hydrogen) atoms. The van der Waals surface area contributed by atoms with Crippen LogP contribution in [0.15, 0.2) is 10.5 Å². The van der Waals surface area contributed by atoms with Crippen molar-refractivity contribution in [2.75, 3.05) is 14.2 Å². The average Bonchev–Trinajstić information content (AvgIpc) is 2.27. The molecular formula is C9H7BrN2O4. The van der Waals surface area contributed by atoms with E-state index in [0.29, 0.717) is 4.47 Å². The zero-order chi connectivity index (χ0) is 12.3. The number of hydrogen-bond donors (Lipinski definition) is 0. The zero-order valence-electron chi connectivity index (χ0n) is 8.48. The topological polar surface area (TPSA) is 85.4 Å². The van der Waals surface area contributed by atoms with E-state index < -0.39 is 10.6 Å². The zero-order valence-corrected chi connectivity index (χ0v) is 10.1. The van der Waals surface area contributed by atoms with Gasteiger partial charge in [-0.05, 0) is 15.9 Å². The second-order valence-electron chi connectivity index (χ2n) is 2.69. The van der Waals surface area contributed by atoms with Gasteiger partial charge in [-0.15, -0.1) is 0 Å². The van der Waals surface area contributed by atoms with Crippen LogP contribution in [-0.4, -0.2) is 19.1 Å². The molecule has 0 aliphatic rings. The first-order valence-electron chi connectivity index (χ1n) is 4.05. The van der Waals surface area contributed by atoms with Crippen LogP contribution in [-0.2, 0) is 0 Å². The van der Waals surface area contributed by atoms with Crippen molar-refractivity contribution in [2.45, 2.75) is 0 Å². The molecule has 0 aliphatic heterocycles. The molecule has 7 heteroatoms. The van der Waals surface area contributed by atoms with Gasteiger partial charge >= 0.3 is 5.69 Å². The number of nitriles is 1.